The molecule has 10 heteroatoms. The predicted octanol–water partition coefficient (Wildman–Crippen LogP) is 4.91. The number of alkyl halides is 3. The van der Waals surface area contributed by atoms with E-state index in [1.54, 1.807) is 17.0 Å². The van der Waals surface area contributed by atoms with Crippen LogP contribution in [0.15, 0.2) is 46.9 Å². The summed E-state index contributed by atoms with van der Waals surface area (Å²) in [6.07, 6.45) is 0.751. The van der Waals surface area contributed by atoms with Crippen LogP contribution in [0.3, 0.4) is 0 Å². The molecule has 2 aromatic carbocycles. The van der Waals surface area contributed by atoms with E-state index in [0.29, 0.717) is 24.5 Å². The molecule has 0 aliphatic carbocycles. The largest absolute Gasteiger partial charge is 0.436 e. The molecule has 2 aromatic heterocycles. The zero-order valence-corrected chi connectivity index (χ0v) is 20.6. The Kier molecular flexibility index (Phi) is 7.24. The summed E-state index contributed by atoms with van der Waals surface area (Å²) in [5, 5.41) is 9.92. The van der Waals surface area contributed by atoms with E-state index >= 15 is 0 Å². The number of nitrogens with one attached hydrogen (secondary N) is 1. The molecule has 37 heavy (non-hydrogen) atoms. The van der Waals surface area contributed by atoms with Crippen LogP contribution in [0.1, 0.15) is 24.1 Å². The minimum Gasteiger partial charge on any atom is -0.436 e. The maximum atomic E-state index is 13.4. The number of hydrogen-bond donors (Lipinski definition) is 2. The molecule has 2 N–H and O–H groups in total. The van der Waals surface area contributed by atoms with Gasteiger partial charge in [0.2, 0.25) is 5.89 Å². The molecule has 6 nitrogen and oxygen atoms in total. The molecule has 0 amide bonds. The number of H-pyrrole nitrogens is 1. The van der Waals surface area contributed by atoms with Crippen LogP contribution in [0, 0.1) is 11.7 Å². The number of aliphatic hydroxyl groups excluding tert-OH is 1. The van der Waals surface area contributed by atoms with Gasteiger partial charge in [0.1, 0.15) is 12.1 Å². The SMILES string of the molecule is CC1Cc2c([nH]c3ccccc23)CN1CC(F)(F)CO.FCC1CN(Cc2nc3cccc(F)c3o2)C1. The third-order valence-electron chi connectivity index (χ3n) is 7.07. The summed E-state index contributed by atoms with van der Waals surface area (Å²) in [4.78, 5) is 11.3. The minimum atomic E-state index is -3.04. The summed E-state index contributed by atoms with van der Waals surface area (Å²) in [6, 6.07) is 12.7. The van der Waals surface area contributed by atoms with Gasteiger partial charge in [-0.05, 0) is 37.1 Å². The van der Waals surface area contributed by atoms with Gasteiger partial charge < -0.3 is 14.5 Å². The van der Waals surface area contributed by atoms with E-state index in [4.69, 9.17) is 9.52 Å². The summed E-state index contributed by atoms with van der Waals surface area (Å²) < 4.78 is 57.7. The highest BCUT2D eigenvalue weighted by atomic mass is 19.3. The zero-order chi connectivity index (χ0) is 26.2. The maximum Gasteiger partial charge on any atom is 0.283 e. The summed E-state index contributed by atoms with van der Waals surface area (Å²) >= 11 is 0. The minimum absolute atomic E-state index is 0.0409. The first-order valence-electron chi connectivity index (χ1n) is 12.4. The number of fused-ring (bicyclic) bond motifs is 4. The Morgan fingerprint density at radius 2 is 1.95 bits per heavy atom. The van der Waals surface area contributed by atoms with Crippen molar-refractivity contribution in [2.45, 2.75) is 38.4 Å². The van der Waals surface area contributed by atoms with Crippen molar-refractivity contribution in [1.82, 2.24) is 19.8 Å². The normalized spacial score (nSPS) is 19.0. The second-order valence-electron chi connectivity index (χ2n) is 10.0. The van der Waals surface area contributed by atoms with Crippen molar-refractivity contribution < 1.29 is 27.1 Å². The van der Waals surface area contributed by atoms with Gasteiger partial charge in [-0.3, -0.25) is 14.2 Å². The molecular weight excluding hydrogens is 488 g/mol. The van der Waals surface area contributed by atoms with Crippen molar-refractivity contribution in [1.29, 1.82) is 0 Å². The monoisotopic (exact) mass is 518 g/mol. The molecule has 198 valence electrons. The number of rotatable bonds is 6. The molecule has 0 radical (unpaired) electrons. The molecule has 4 heterocycles. The Morgan fingerprint density at radius 3 is 2.68 bits per heavy atom. The third-order valence-corrected chi connectivity index (χ3v) is 7.07. The van der Waals surface area contributed by atoms with Gasteiger partial charge >= 0.3 is 0 Å². The average Bonchev–Trinajstić information content (AvgIpc) is 3.43. The van der Waals surface area contributed by atoms with Crippen LogP contribution in [0.25, 0.3) is 22.0 Å². The van der Waals surface area contributed by atoms with E-state index in [0.717, 1.165) is 30.7 Å². The maximum absolute atomic E-state index is 13.4. The fourth-order valence-corrected chi connectivity index (χ4v) is 5.09. The van der Waals surface area contributed by atoms with Gasteiger partial charge in [-0.1, -0.05) is 24.3 Å². The van der Waals surface area contributed by atoms with Crippen LogP contribution in [0.2, 0.25) is 0 Å². The van der Waals surface area contributed by atoms with E-state index in [-0.39, 0.29) is 24.2 Å². The van der Waals surface area contributed by atoms with Crippen molar-refractivity contribution >= 4 is 22.0 Å². The highest BCUT2D eigenvalue weighted by Gasteiger charge is 2.35. The van der Waals surface area contributed by atoms with E-state index in [1.165, 1.54) is 17.0 Å². The number of nitrogens with zero attached hydrogens (tertiary/aromatic N) is 3. The van der Waals surface area contributed by atoms with Gasteiger partial charge in [-0.15, -0.1) is 0 Å². The van der Waals surface area contributed by atoms with Gasteiger partial charge in [0, 0.05) is 48.2 Å². The molecule has 1 unspecified atom stereocenters. The highest BCUT2D eigenvalue weighted by Crippen LogP contribution is 2.31. The van der Waals surface area contributed by atoms with Crippen molar-refractivity contribution in [2.75, 3.05) is 32.9 Å². The summed E-state index contributed by atoms with van der Waals surface area (Å²) in [5.74, 6) is -2.82. The quantitative estimate of drug-likeness (QED) is 0.355. The number of aromatic nitrogens is 2. The Balaban J connectivity index is 0.000000153. The smallest absolute Gasteiger partial charge is 0.283 e. The second kappa shape index (κ2) is 10.4. The van der Waals surface area contributed by atoms with Crippen LogP contribution in [0.5, 0.6) is 0 Å². The molecule has 4 aromatic rings. The first-order chi connectivity index (χ1) is 17.8. The third kappa shape index (κ3) is 5.51. The first kappa shape index (κ1) is 25.7. The summed E-state index contributed by atoms with van der Waals surface area (Å²) in [5.41, 5.74) is 4.03. The van der Waals surface area contributed by atoms with E-state index in [9.17, 15) is 17.6 Å². The Bertz CT molecular complexity index is 1370. The van der Waals surface area contributed by atoms with Gasteiger partial charge in [-0.2, -0.15) is 0 Å². The number of aromatic amines is 1. The fourth-order valence-electron chi connectivity index (χ4n) is 5.09. The number of oxazole rings is 1. The number of likely N-dealkylation sites (tertiary alicyclic amines) is 1. The van der Waals surface area contributed by atoms with Gasteiger partial charge in [-0.25, -0.2) is 18.2 Å². The van der Waals surface area contributed by atoms with Crippen LogP contribution in [-0.2, 0) is 19.5 Å². The molecule has 0 bridgehead atoms. The molecule has 0 spiro atoms. The summed E-state index contributed by atoms with van der Waals surface area (Å²) in [6.45, 7) is 2.60. The molecular formula is C27H30F4N4O2. The van der Waals surface area contributed by atoms with Gasteiger partial charge in [0.05, 0.1) is 19.8 Å². The number of halogens is 4. The highest BCUT2D eigenvalue weighted by molar-refractivity contribution is 5.84. The van der Waals surface area contributed by atoms with Gasteiger partial charge in [0.15, 0.2) is 11.4 Å². The van der Waals surface area contributed by atoms with E-state index in [2.05, 4.69) is 16.0 Å². The lowest BCUT2D eigenvalue weighted by molar-refractivity contribution is -0.0819. The van der Waals surface area contributed by atoms with Crippen LogP contribution >= 0.6 is 0 Å². The predicted molar refractivity (Wildman–Crippen MR) is 133 cm³/mol. The molecule has 6 rings (SSSR count). The second-order valence-corrected chi connectivity index (χ2v) is 10.0. The lowest BCUT2D eigenvalue weighted by Gasteiger charge is -2.36. The van der Waals surface area contributed by atoms with Crippen molar-refractivity contribution in [3.8, 4) is 0 Å². The molecule has 1 saturated heterocycles. The van der Waals surface area contributed by atoms with Crippen molar-refractivity contribution in [3.63, 3.8) is 0 Å². The van der Waals surface area contributed by atoms with Crippen LogP contribution < -0.4 is 0 Å². The fraction of sp³-hybridized carbons (Fsp3) is 0.444. The van der Waals surface area contributed by atoms with Crippen LogP contribution in [-0.4, -0.2) is 69.8 Å². The van der Waals surface area contributed by atoms with E-state index < -0.39 is 24.9 Å². The number of hydrogen-bond acceptors (Lipinski definition) is 5. The lowest BCUT2D eigenvalue weighted by atomic mass is 9.97. The zero-order valence-electron chi connectivity index (χ0n) is 20.6. The van der Waals surface area contributed by atoms with E-state index in [1.807, 2.05) is 30.0 Å². The van der Waals surface area contributed by atoms with Gasteiger partial charge in [0.25, 0.3) is 5.92 Å². The Labute approximate surface area is 211 Å². The topological polar surface area (TPSA) is 68.5 Å². The van der Waals surface area contributed by atoms with Crippen LogP contribution in [0.4, 0.5) is 17.6 Å². The molecule has 1 atom stereocenters. The molecule has 0 saturated carbocycles. The summed E-state index contributed by atoms with van der Waals surface area (Å²) in [7, 11) is 0. The number of aliphatic hydroxyl groups is 1. The Morgan fingerprint density at radius 1 is 1.16 bits per heavy atom. The number of para-hydroxylation sites is 2. The number of benzene rings is 2. The molecule has 1 fully saturated rings. The lowest BCUT2D eigenvalue weighted by Crippen LogP contribution is -2.46. The molecule has 2 aliphatic heterocycles. The standard InChI is InChI=1S/C15H18F2N2O.C12H12F2N2O/c1-10-6-12-11-4-2-3-5-13(11)18-14(12)7-19(10)8-15(16,17)9-20;13-4-8-5-16(6-8)7-11-15-10-3-1-2-9(14)12(10)17-11/h2-5,10,18,20H,6-9H2,1H3;1-3,8H,4-7H2. The Hall–Kier alpha value is -2.95. The molecule has 2 aliphatic rings. The average molecular weight is 519 g/mol. The first-order valence-corrected chi connectivity index (χ1v) is 12.4. The van der Waals surface area contributed by atoms with Crippen molar-refractivity contribution in [2.24, 2.45) is 5.92 Å². The van der Waals surface area contributed by atoms with Crippen molar-refractivity contribution in [3.05, 3.63) is 65.4 Å².